The summed E-state index contributed by atoms with van der Waals surface area (Å²) in [6, 6.07) is 8.01. The third-order valence-corrected chi connectivity index (χ3v) is 5.29. The van der Waals surface area contributed by atoms with E-state index in [2.05, 4.69) is 0 Å². The van der Waals surface area contributed by atoms with Gasteiger partial charge in [0.25, 0.3) is 0 Å². The second kappa shape index (κ2) is 8.48. The van der Waals surface area contributed by atoms with E-state index in [1.54, 1.807) is 0 Å². The summed E-state index contributed by atoms with van der Waals surface area (Å²) in [4.78, 5) is 28.6. The number of carbonyl (C=O) groups excluding carboxylic acids is 2. The highest BCUT2D eigenvalue weighted by molar-refractivity contribution is 5.80. The average molecular weight is 344 g/mol. The molecule has 25 heavy (non-hydrogen) atoms. The second-order valence-corrected chi connectivity index (χ2v) is 7.04. The summed E-state index contributed by atoms with van der Waals surface area (Å²) in [5, 5.41) is 0. The van der Waals surface area contributed by atoms with Gasteiger partial charge in [-0.3, -0.25) is 9.59 Å². The SMILES string of the molecule is Cc1ccccc1CC(=O)N1CCN(C(=O)CCC2CCCO2)CC1. The smallest absolute Gasteiger partial charge is 0.227 e. The van der Waals surface area contributed by atoms with Gasteiger partial charge in [-0.1, -0.05) is 24.3 Å². The van der Waals surface area contributed by atoms with Crippen molar-refractivity contribution in [2.75, 3.05) is 32.8 Å². The molecule has 0 radical (unpaired) electrons. The van der Waals surface area contributed by atoms with Crippen LogP contribution in [0.5, 0.6) is 0 Å². The highest BCUT2D eigenvalue weighted by atomic mass is 16.5. The molecule has 2 saturated heterocycles. The molecule has 5 nitrogen and oxygen atoms in total. The first-order valence-electron chi connectivity index (χ1n) is 9.35. The molecule has 1 aromatic rings. The van der Waals surface area contributed by atoms with Crippen molar-refractivity contribution in [3.05, 3.63) is 35.4 Å². The van der Waals surface area contributed by atoms with E-state index in [4.69, 9.17) is 4.74 Å². The lowest BCUT2D eigenvalue weighted by Gasteiger charge is -2.35. The molecule has 1 atom stereocenters. The molecule has 0 saturated carbocycles. The van der Waals surface area contributed by atoms with Crippen molar-refractivity contribution in [2.45, 2.75) is 45.1 Å². The van der Waals surface area contributed by atoms with Crippen LogP contribution < -0.4 is 0 Å². The van der Waals surface area contributed by atoms with Crippen LogP contribution in [0.1, 0.15) is 36.8 Å². The van der Waals surface area contributed by atoms with Gasteiger partial charge in [0, 0.05) is 39.2 Å². The largest absolute Gasteiger partial charge is 0.378 e. The Bertz CT molecular complexity index is 603. The quantitative estimate of drug-likeness (QED) is 0.822. The zero-order valence-corrected chi connectivity index (χ0v) is 15.1. The first-order valence-corrected chi connectivity index (χ1v) is 9.35. The van der Waals surface area contributed by atoms with E-state index in [1.807, 2.05) is 41.0 Å². The lowest BCUT2D eigenvalue weighted by Crippen LogP contribution is -2.51. The molecule has 2 heterocycles. The standard InChI is InChI=1S/C20H28N2O3/c1-16-5-2-3-6-17(16)15-20(24)22-12-10-21(11-13-22)19(23)9-8-18-7-4-14-25-18/h2-3,5-6,18H,4,7-15H2,1H3. The molecule has 0 aliphatic carbocycles. The number of piperazine rings is 1. The number of aryl methyl sites for hydroxylation is 1. The molecule has 2 amide bonds. The maximum Gasteiger partial charge on any atom is 0.227 e. The summed E-state index contributed by atoms with van der Waals surface area (Å²) in [7, 11) is 0. The summed E-state index contributed by atoms with van der Waals surface area (Å²) < 4.78 is 5.58. The van der Waals surface area contributed by atoms with Gasteiger partial charge in [-0.25, -0.2) is 0 Å². The highest BCUT2D eigenvalue weighted by Crippen LogP contribution is 2.18. The molecule has 3 rings (SSSR count). The van der Waals surface area contributed by atoms with Gasteiger partial charge < -0.3 is 14.5 Å². The maximum absolute atomic E-state index is 12.5. The molecule has 0 aromatic heterocycles. The monoisotopic (exact) mass is 344 g/mol. The number of amides is 2. The van der Waals surface area contributed by atoms with Gasteiger partial charge in [-0.15, -0.1) is 0 Å². The Morgan fingerprint density at radius 2 is 1.76 bits per heavy atom. The van der Waals surface area contributed by atoms with E-state index >= 15 is 0 Å². The fourth-order valence-electron chi connectivity index (χ4n) is 3.60. The van der Waals surface area contributed by atoms with Gasteiger partial charge in [-0.2, -0.15) is 0 Å². The highest BCUT2D eigenvalue weighted by Gasteiger charge is 2.25. The summed E-state index contributed by atoms with van der Waals surface area (Å²) in [6.07, 6.45) is 4.28. The maximum atomic E-state index is 12.5. The van der Waals surface area contributed by atoms with Gasteiger partial charge in [0.05, 0.1) is 12.5 Å². The zero-order valence-electron chi connectivity index (χ0n) is 15.1. The molecule has 0 bridgehead atoms. The van der Waals surface area contributed by atoms with Gasteiger partial charge in [-0.05, 0) is 37.3 Å². The molecule has 0 N–H and O–H groups in total. The summed E-state index contributed by atoms with van der Waals surface area (Å²) in [5.74, 6) is 0.349. The van der Waals surface area contributed by atoms with Gasteiger partial charge in [0.2, 0.25) is 11.8 Å². The van der Waals surface area contributed by atoms with Crippen molar-refractivity contribution in [3.63, 3.8) is 0 Å². The average Bonchev–Trinajstić information content (AvgIpc) is 3.15. The van der Waals surface area contributed by atoms with E-state index in [0.717, 1.165) is 37.0 Å². The van der Waals surface area contributed by atoms with Crippen LogP contribution in [0.25, 0.3) is 0 Å². The number of hydrogen-bond acceptors (Lipinski definition) is 3. The Morgan fingerprint density at radius 3 is 2.40 bits per heavy atom. The van der Waals surface area contributed by atoms with E-state index in [-0.39, 0.29) is 17.9 Å². The molecule has 2 fully saturated rings. The Morgan fingerprint density at radius 1 is 1.08 bits per heavy atom. The predicted molar refractivity (Wildman–Crippen MR) is 96.3 cm³/mol. The van der Waals surface area contributed by atoms with Crippen LogP contribution >= 0.6 is 0 Å². The second-order valence-electron chi connectivity index (χ2n) is 7.04. The number of nitrogens with zero attached hydrogens (tertiary/aromatic N) is 2. The zero-order chi connectivity index (χ0) is 17.6. The molecule has 136 valence electrons. The molecular formula is C20H28N2O3. The Kier molecular flexibility index (Phi) is 6.08. The van der Waals surface area contributed by atoms with Crippen LogP contribution in [-0.4, -0.2) is 60.5 Å². The Labute approximate surface area is 149 Å². The fourth-order valence-corrected chi connectivity index (χ4v) is 3.60. The van der Waals surface area contributed by atoms with Crippen LogP contribution in [0, 0.1) is 6.92 Å². The van der Waals surface area contributed by atoms with Crippen molar-refractivity contribution in [1.29, 1.82) is 0 Å². The minimum Gasteiger partial charge on any atom is -0.378 e. The number of ether oxygens (including phenoxy) is 1. The predicted octanol–water partition coefficient (Wildman–Crippen LogP) is 2.17. The first-order chi connectivity index (χ1) is 12.1. The molecule has 2 aliphatic rings. The number of rotatable bonds is 5. The number of carbonyl (C=O) groups is 2. The van der Waals surface area contributed by atoms with Gasteiger partial charge in [0.1, 0.15) is 0 Å². The third-order valence-electron chi connectivity index (χ3n) is 5.29. The van der Waals surface area contributed by atoms with Crippen LogP contribution in [-0.2, 0) is 20.7 Å². The van der Waals surface area contributed by atoms with Crippen LogP contribution in [0.4, 0.5) is 0 Å². The molecule has 5 heteroatoms. The van der Waals surface area contributed by atoms with Gasteiger partial charge in [0.15, 0.2) is 0 Å². The van der Waals surface area contributed by atoms with Gasteiger partial charge >= 0.3 is 0 Å². The molecule has 2 aliphatic heterocycles. The molecule has 0 spiro atoms. The van der Waals surface area contributed by atoms with Crippen LogP contribution in [0.15, 0.2) is 24.3 Å². The van der Waals surface area contributed by atoms with Crippen molar-refractivity contribution < 1.29 is 14.3 Å². The van der Waals surface area contributed by atoms with E-state index in [1.165, 1.54) is 0 Å². The van der Waals surface area contributed by atoms with Crippen LogP contribution in [0.3, 0.4) is 0 Å². The van der Waals surface area contributed by atoms with Crippen molar-refractivity contribution in [3.8, 4) is 0 Å². The van der Waals surface area contributed by atoms with Crippen molar-refractivity contribution >= 4 is 11.8 Å². The van der Waals surface area contributed by atoms with E-state index in [0.29, 0.717) is 39.0 Å². The summed E-state index contributed by atoms with van der Waals surface area (Å²) >= 11 is 0. The first kappa shape index (κ1) is 17.9. The molecular weight excluding hydrogens is 316 g/mol. The van der Waals surface area contributed by atoms with Crippen LogP contribution in [0.2, 0.25) is 0 Å². The Hall–Kier alpha value is -1.88. The lowest BCUT2D eigenvalue weighted by atomic mass is 10.1. The third kappa shape index (κ3) is 4.82. The summed E-state index contributed by atoms with van der Waals surface area (Å²) in [5.41, 5.74) is 2.24. The minimum atomic E-state index is 0.153. The minimum absolute atomic E-state index is 0.153. The van der Waals surface area contributed by atoms with Crippen molar-refractivity contribution in [2.24, 2.45) is 0 Å². The number of hydrogen-bond donors (Lipinski definition) is 0. The molecule has 1 aromatic carbocycles. The van der Waals surface area contributed by atoms with E-state index in [9.17, 15) is 9.59 Å². The number of benzene rings is 1. The fraction of sp³-hybridized carbons (Fsp3) is 0.600. The lowest BCUT2D eigenvalue weighted by molar-refractivity contribution is -0.139. The van der Waals surface area contributed by atoms with E-state index < -0.39 is 0 Å². The molecule has 1 unspecified atom stereocenters. The topological polar surface area (TPSA) is 49.9 Å². The normalized spacial score (nSPS) is 20.8. The Balaban J connectivity index is 1.42. The summed E-state index contributed by atoms with van der Waals surface area (Å²) in [6.45, 7) is 5.42. The van der Waals surface area contributed by atoms with Crippen molar-refractivity contribution in [1.82, 2.24) is 9.80 Å².